The van der Waals surface area contributed by atoms with Crippen LogP contribution in [-0.2, 0) is 0 Å². The average molecular weight is 165 g/mol. The van der Waals surface area contributed by atoms with Crippen molar-refractivity contribution in [3.8, 4) is 0 Å². The predicted molar refractivity (Wildman–Crippen MR) is 47.7 cm³/mol. The lowest BCUT2D eigenvalue weighted by atomic mass is 9.58. The Morgan fingerprint density at radius 2 is 1.92 bits per heavy atom. The van der Waals surface area contributed by atoms with Gasteiger partial charge in [-0.05, 0) is 36.6 Å². The second-order valence-corrected chi connectivity index (χ2v) is 4.18. The van der Waals surface area contributed by atoms with Gasteiger partial charge in [0.1, 0.15) is 0 Å². The molecule has 0 radical (unpaired) electrons. The second kappa shape index (κ2) is 2.98. The number of hydrogen-bond acceptors (Lipinski definition) is 1. The molecule has 2 aliphatic carbocycles. The number of hydrogen-bond donors (Lipinski definition) is 0. The van der Waals surface area contributed by atoms with Gasteiger partial charge in [0.2, 0.25) is 0 Å². The lowest BCUT2D eigenvalue weighted by molar-refractivity contribution is 0.0459. The summed E-state index contributed by atoms with van der Waals surface area (Å²) in [6.45, 7) is 0. The fraction of sp³-hybridized carbons (Fsp3) is 1.00. The van der Waals surface area contributed by atoms with Crippen molar-refractivity contribution in [2.75, 3.05) is 0 Å². The highest BCUT2D eigenvalue weighted by atomic mass is 15.2. The van der Waals surface area contributed by atoms with E-state index in [9.17, 15) is 0 Å². The average Bonchev–Trinajstić information content (AvgIpc) is 2.14. The maximum atomic E-state index is 8.37. The third kappa shape index (κ3) is 1.09. The molecule has 1 unspecified atom stereocenters. The molecular formula is C9H15N3. The van der Waals surface area contributed by atoms with E-state index < -0.39 is 0 Å². The van der Waals surface area contributed by atoms with E-state index in [0.717, 1.165) is 6.42 Å². The Kier molecular flexibility index (Phi) is 1.97. The van der Waals surface area contributed by atoms with Crippen LogP contribution in [0.3, 0.4) is 0 Å². The SMILES string of the molecule is [N-]=[N+]=NC1CCC12CCCCC2. The number of nitrogens with zero attached hydrogens (tertiary/aromatic N) is 3. The van der Waals surface area contributed by atoms with Gasteiger partial charge in [0, 0.05) is 11.0 Å². The molecule has 0 heterocycles. The van der Waals surface area contributed by atoms with Crippen molar-refractivity contribution >= 4 is 0 Å². The minimum Gasteiger partial charge on any atom is -0.0900 e. The summed E-state index contributed by atoms with van der Waals surface area (Å²) in [5, 5.41) is 3.89. The van der Waals surface area contributed by atoms with E-state index in [4.69, 9.17) is 5.53 Å². The van der Waals surface area contributed by atoms with E-state index in [1.165, 1.54) is 38.5 Å². The minimum absolute atomic E-state index is 0.336. The first kappa shape index (κ1) is 7.93. The van der Waals surface area contributed by atoms with E-state index in [1.807, 2.05) is 0 Å². The van der Waals surface area contributed by atoms with E-state index in [-0.39, 0.29) is 0 Å². The van der Waals surface area contributed by atoms with Crippen molar-refractivity contribution in [1.82, 2.24) is 0 Å². The van der Waals surface area contributed by atoms with Crippen molar-refractivity contribution in [3.05, 3.63) is 10.4 Å². The summed E-state index contributed by atoms with van der Waals surface area (Å²) >= 11 is 0. The zero-order chi connectivity index (χ0) is 8.44. The summed E-state index contributed by atoms with van der Waals surface area (Å²) in [6, 6.07) is 0.336. The van der Waals surface area contributed by atoms with E-state index in [2.05, 4.69) is 10.0 Å². The van der Waals surface area contributed by atoms with Gasteiger partial charge in [-0.2, -0.15) is 0 Å². The Morgan fingerprint density at radius 3 is 2.42 bits per heavy atom. The van der Waals surface area contributed by atoms with Crippen LogP contribution in [0, 0.1) is 5.41 Å². The molecule has 0 N–H and O–H groups in total. The maximum absolute atomic E-state index is 8.37. The molecule has 2 rings (SSSR count). The normalized spacial score (nSPS) is 32.2. The van der Waals surface area contributed by atoms with Gasteiger partial charge in [0.25, 0.3) is 0 Å². The Morgan fingerprint density at radius 1 is 1.17 bits per heavy atom. The van der Waals surface area contributed by atoms with Crippen LogP contribution in [0.25, 0.3) is 10.4 Å². The summed E-state index contributed by atoms with van der Waals surface area (Å²) in [5.74, 6) is 0. The van der Waals surface area contributed by atoms with Crippen LogP contribution in [0.5, 0.6) is 0 Å². The van der Waals surface area contributed by atoms with Crippen LogP contribution in [-0.4, -0.2) is 6.04 Å². The van der Waals surface area contributed by atoms with Crippen molar-refractivity contribution in [1.29, 1.82) is 0 Å². The van der Waals surface area contributed by atoms with Gasteiger partial charge in [-0.25, -0.2) is 0 Å². The van der Waals surface area contributed by atoms with Crippen LogP contribution in [0.1, 0.15) is 44.9 Å². The Bertz CT molecular complexity index is 212. The van der Waals surface area contributed by atoms with E-state index in [1.54, 1.807) is 0 Å². The first-order valence-electron chi connectivity index (χ1n) is 4.92. The molecule has 3 nitrogen and oxygen atoms in total. The van der Waals surface area contributed by atoms with Crippen LogP contribution in [0.2, 0.25) is 0 Å². The van der Waals surface area contributed by atoms with Gasteiger partial charge in [-0.15, -0.1) is 0 Å². The second-order valence-electron chi connectivity index (χ2n) is 4.18. The van der Waals surface area contributed by atoms with Crippen molar-refractivity contribution < 1.29 is 0 Å². The number of rotatable bonds is 1. The molecule has 66 valence electrons. The highest BCUT2D eigenvalue weighted by Crippen LogP contribution is 2.53. The Labute approximate surface area is 72.8 Å². The topological polar surface area (TPSA) is 48.8 Å². The van der Waals surface area contributed by atoms with Gasteiger partial charge < -0.3 is 0 Å². The molecule has 2 saturated carbocycles. The third-order valence-corrected chi connectivity index (χ3v) is 3.66. The first-order chi connectivity index (χ1) is 5.87. The fourth-order valence-corrected chi connectivity index (χ4v) is 2.76. The van der Waals surface area contributed by atoms with Crippen molar-refractivity contribution in [2.45, 2.75) is 51.0 Å². The third-order valence-electron chi connectivity index (χ3n) is 3.66. The molecule has 0 aliphatic heterocycles. The maximum Gasteiger partial charge on any atom is 0.0430 e. The van der Waals surface area contributed by atoms with Gasteiger partial charge in [0.05, 0.1) is 0 Å². The molecule has 0 aromatic carbocycles. The van der Waals surface area contributed by atoms with Gasteiger partial charge in [0.15, 0.2) is 0 Å². The molecule has 0 aromatic heterocycles. The largest absolute Gasteiger partial charge is 0.0900 e. The molecule has 0 amide bonds. The molecule has 12 heavy (non-hydrogen) atoms. The van der Waals surface area contributed by atoms with Crippen molar-refractivity contribution in [3.63, 3.8) is 0 Å². The van der Waals surface area contributed by atoms with Gasteiger partial charge >= 0.3 is 0 Å². The van der Waals surface area contributed by atoms with Crippen LogP contribution < -0.4 is 0 Å². The molecule has 2 fully saturated rings. The lowest BCUT2D eigenvalue weighted by Gasteiger charge is -2.50. The highest BCUT2D eigenvalue weighted by Gasteiger charge is 2.46. The lowest BCUT2D eigenvalue weighted by Crippen LogP contribution is -2.44. The minimum atomic E-state index is 0.336. The predicted octanol–water partition coefficient (Wildman–Crippen LogP) is 3.41. The van der Waals surface area contributed by atoms with Crippen LogP contribution in [0.15, 0.2) is 5.11 Å². The van der Waals surface area contributed by atoms with Crippen LogP contribution in [0.4, 0.5) is 0 Å². The monoisotopic (exact) mass is 165 g/mol. The Balaban J connectivity index is 2.04. The zero-order valence-electron chi connectivity index (χ0n) is 7.37. The van der Waals surface area contributed by atoms with E-state index >= 15 is 0 Å². The first-order valence-corrected chi connectivity index (χ1v) is 4.92. The highest BCUT2D eigenvalue weighted by molar-refractivity contribution is 5.01. The van der Waals surface area contributed by atoms with E-state index in [0.29, 0.717) is 11.5 Å². The molecule has 2 aliphatic rings. The number of azide groups is 1. The fourth-order valence-electron chi connectivity index (χ4n) is 2.76. The standard InChI is InChI=1S/C9H15N3/c10-12-11-8-4-7-9(8)5-2-1-3-6-9/h8H,1-7H2. The van der Waals surface area contributed by atoms with Gasteiger partial charge in [-0.1, -0.05) is 24.4 Å². The zero-order valence-corrected chi connectivity index (χ0v) is 7.37. The molecule has 0 saturated heterocycles. The molecular weight excluding hydrogens is 150 g/mol. The molecule has 0 aromatic rings. The summed E-state index contributed by atoms with van der Waals surface area (Å²) < 4.78 is 0. The van der Waals surface area contributed by atoms with Crippen LogP contribution >= 0.6 is 0 Å². The summed E-state index contributed by atoms with van der Waals surface area (Å²) in [7, 11) is 0. The van der Waals surface area contributed by atoms with Crippen molar-refractivity contribution in [2.24, 2.45) is 10.5 Å². The molecule has 3 heteroatoms. The summed E-state index contributed by atoms with van der Waals surface area (Å²) in [4.78, 5) is 2.93. The summed E-state index contributed by atoms with van der Waals surface area (Å²) in [5.41, 5.74) is 8.82. The molecule has 1 atom stereocenters. The smallest absolute Gasteiger partial charge is 0.0430 e. The quantitative estimate of drug-likeness (QED) is 0.325. The Hall–Kier alpha value is -0.690. The van der Waals surface area contributed by atoms with Gasteiger partial charge in [-0.3, -0.25) is 0 Å². The molecule has 0 bridgehead atoms. The summed E-state index contributed by atoms with van der Waals surface area (Å²) in [6.07, 6.45) is 9.10. The molecule has 1 spiro atoms.